The molecule has 0 saturated carbocycles. The van der Waals surface area contributed by atoms with Gasteiger partial charge in [-0.25, -0.2) is 9.97 Å². The van der Waals surface area contributed by atoms with Crippen LogP contribution in [0.15, 0.2) is 24.3 Å². The number of carbonyl (C=O) groups is 2. The lowest BCUT2D eigenvalue weighted by Gasteiger charge is -2.15. The first-order valence-corrected chi connectivity index (χ1v) is 11.9. The standard InChI is InChI=1S/C23H29N5O2.C2H6/c1-3-4-11-18-26-20-21(16-9-5-6-10-17(16)25-22(20)24)27(18)12-7-8-13-28-19(29)14-15(2)23(28)30;1-2/h5-6,9-10,15H,3-4,7-8,11-14H2,1-2H3,(H2,24,25);1-2H3. The molecule has 1 saturated heterocycles. The Kier molecular flexibility index (Phi) is 7.83. The number of fused-ring (bicyclic) bond motifs is 3. The third-order valence-corrected chi connectivity index (χ3v) is 5.93. The van der Waals surface area contributed by atoms with Gasteiger partial charge in [-0.2, -0.15) is 0 Å². The van der Waals surface area contributed by atoms with Crippen molar-refractivity contribution in [2.75, 3.05) is 12.3 Å². The molecule has 4 rings (SSSR count). The Labute approximate surface area is 190 Å². The summed E-state index contributed by atoms with van der Waals surface area (Å²) >= 11 is 0. The fourth-order valence-electron chi connectivity index (χ4n) is 4.29. The van der Waals surface area contributed by atoms with Crippen LogP contribution in [-0.2, 0) is 22.6 Å². The number of para-hydroxylation sites is 1. The summed E-state index contributed by atoms with van der Waals surface area (Å²) in [6.45, 7) is 9.25. The zero-order valence-corrected chi connectivity index (χ0v) is 19.7. The Bertz CT molecular complexity index is 1100. The quantitative estimate of drug-likeness (QED) is 0.407. The minimum Gasteiger partial charge on any atom is -0.382 e. The van der Waals surface area contributed by atoms with Crippen LogP contribution >= 0.6 is 0 Å². The molecule has 1 aromatic carbocycles. The number of amides is 2. The molecule has 2 aromatic heterocycles. The summed E-state index contributed by atoms with van der Waals surface area (Å²) < 4.78 is 2.27. The Morgan fingerprint density at radius 2 is 1.78 bits per heavy atom. The molecule has 0 bridgehead atoms. The summed E-state index contributed by atoms with van der Waals surface area (Å²) in [6, 6.07) is 8.01. The van der Waals surface area contributed by atoms with Crippen molar-refractivity contribution < 1.29 is 9.59 Å². The van der Waals surface area contributed by atoms with Crippen LogP contribution in [0.2, 0.25) is 0 Å². The van der Waals surface area contributed by atoms with E-state index < -0.39 is 0 Å². The van der Waals surface area contributed by atoms with Crippen LogP contribution in [0.1, 0.15) is 65.6 Å². The minimum atomic E-state index is -0.183. The molecule has 3 heterocycles. The first kappa shape index (κ1) is 23.7. The minimum absolute atomic E-state index is 0.0402. The van der Waals surface area contributed by atoms with Gasteiger partial charge in [-0.1, -0.05) is 52.3 Å². The van der Waals surface area contributed by atoms with Crippen molar-refractivity contribution >= 4 is 39.6 Å². The molecular formula is C25H35N5O2. The second-order valence-corrected chi connectivity index (χ2v) is 8.19. The molecule has 1 aliphatic heterocycles. The third-order valence-electron chi connectivity index (χ3n) is 5.93. The van der Waals surface area contributed by atoms with E-state index in [1.165, 1.54) is 4.90 Å². The van der Waals surface area contributed by atoms with E-state index in [9.17, 15) is 9.59 Å². The van der Waals surface area contributed by atoms with Crippen LogP contribution in [0.3, 0.4) is 0 Å². The van der Waals surface area contributed by atoms with Gasteiger partial charge in [0.05, 0.1) is 11.0 Å². The number of imide groups is 1. The number of nitrogens with two attached hydrogens (primary N) is 1. The van der Waals surface area contributed by atoms with E-state index in [4.69, 9.17) is 10.7 Å². The number of aryl methyl sites for hydroxylation is 2. The van der Waals surface area contributed by atoms with Crippen molar-refractivity contribution in [2.24, 2.45) is 5.92 Å². The van der Waals surface area contributed by atoms with Gasteiger partial charge in [0.15, 0.2) is 5.82 Å². The molecule has 2 N–H and O–H groups in total. The number of unbranched alkanes of at least 4 members (excludes halogenated alkanes) is 2. The lowest BCUT2D eigenvalue weighted by molar-refractivity contribution is -0.139. The molecule has 0 radical (unpaired) electrons. The highest BCUT2D eigenvalue weighted by molar-refractivity contribution is 6.06. The maximum Gasteiger partial charge on any atom is 0.232 e. The van der Waals surface area contributed by atoms with E-state index in [1.807, 2.05) is 39.0 Å². The monoisotopic (exact) mass is 437 g/mol. The van der Waals surface area contributed by atoms with Crippen LogP contribution in [0, 0.1) is 5.92 Å². The number of pyridine rings is 1. The summed E-state index contributed by atoms with van der Waals surface area (Å²) in [6.07, 6.45) is 5.00. The Morgan fingerprint density at radius 3 is 2.47 bits per heavy atom. The topological polar surface area (TPSA) is 94.1 Å². The molecule has 172 valence electrons. The van der Waals surface area contributed by atoms with Gasteiger partial charge >= 0.3 is 0 Å². The second-order valence-electron chi connectivity index (χ2n) is 8.19. The number of hydrogen-bond donors (Lipinski definition) is 1. The third kappa shape index (κ3) is 4.61. The number of aromatic nitrogens is 3. The molecule has 7 nitrogen and oxygen atoms in total. The van der Waals surface area contributed by atoms with E-state index in [0.29, 0.717) is 18.8 Å². The molecule has 0 aliphatic carbocycles. The van der Waals surface area contributed by atoms with Gasteiger partial charge in [0.2, 0.25) is 11.8 Å². The first-order valence-electron chi connectivity index (χ1n) is 11.9. The molecule has 1 unspecified atom stereocenters. The van der Waals surface area contributed by atoms with Gasteiger partial charge in [0, 0.05) is 37.2 Å². The number of imidazole rings is 1. The van der Waals surface area contributed by atoms with Gasteiger partial charge in [-0.3, -0.25) is 14.5 Å². The number of hydrogen-bond acceptors (Lipinski definition) is 5. The Balaban J connectivity index is 0.00000141. The predicted molar refractivity (Wildman–Crippen MR) is 129 cm³/mol. The van der Waals surface area contributed by atoms with Gasteiger partial charge in [-0.05, 0) is 25.3 Å². The molecular weight excluding hydrogens is 402 g/mol. The van der Waals surface area contributed by atoms with Crippen LogP contribution in [0.25, 0.3) is 21.9 Å². The molecule has 2 amide bonds. The highest BCUT2D eigenvalue weighted by atomic mass is 16.2. The second kappa shape index (κ2) is 10.6. The normalized spacial score (nSPS) is 16.1. The summed E-state index contributed by atoms with van der Waals surface area (Å²) in [5.41, 5.74) is 8.91. The highest BCUT2D eigenvalue weighted by Gasteiger charge is 2.34. The number of anilines is 1. The Hall–Kier alpha value is -2.96. The van der Waals surface area contributed by atoms with Crippen molar-refractivity contribution in [1.29, 1.82) is 0 Å². The van der Waals surface area contributed by atoms with Crippen LogP contribution in [0.4, 0.5) is 5.82 Å². The molecule has 1 aliphatic rings. The molecule has 0 spiro atoms. The average molecular weight is 438 g/mol. The summed E-state index contributed by atoms with van der Waals surface area (Å²) in [5, 5.41) is 1.05. The lowest BCUT2D eigenvalue weighted by atomic mass is 10.1. The number of rotatable bonds is 8. The van der Waals surface area contributed by atoms with Gasteiger partial charge in [-0.15, -0.1) is 0 Å². The number of benzene rings is 1. The SMILES string of the molecule is CC.CCCCc1nc2c(N)nc3ccccc3c2n1CCCCN1C(=O)CC(C)C1=O. The van der Waals surface area contributed by atoms with Gasteiger partial charge in [0.1, 0.15) is 11.3 Å². The zero-order chi connectivity index (χ0) is 23.3. The van der Waals surface area contributed by atoms with Gasteiger partial charge in [0.25, 0.3) is 0 Å². The molecule has 1 atom stereocenters. The summed E-state index contributed by atoms with van der Waals surface area (Å²) in [4.78, 5) is 35.0. The number of likely N-dealkylation sites (tertiary alicyclic amines) is 1. The predicted octanol–water partition coefficient (Wildman–Crippen LogP) is 4.71. The summed E-state index contributed by atoms with van der Waals surface area (Å²) in [5.74, 6) is 1.22. The van der Waals surface area contributed by atoms with Crippen molar-refractivity contribution in [3.05, 3.63) is 30.1 Å². The van der Waals surface area contributed by atoms with E-state index in [-0.39, 0.29) is 17.7 Å². The van der Waals surface area contributed by atoms with E-state index in [0.717, 1.165) is 66.4 Å². The Morgan fingerprint density at radius 1 is 1.06 bits per heavy atom. The van der Waals surface area contributed by atoms with Crippen LogP contribution < -0.4 is 5.73 Å². The highest BCUT2D eigenvalue weighted by Crippen LogP contribution is 2.29. The maximum atomic E-state index is 12.1. The molecule has 1 fully saturated rings. The molecule has 7 heteroatoms. The van der Waals surface area contributed by atoms with E-state index >= 15 is 0 Å². The van der Waals surface area contributed by atoms with Crippen molar-refractivity contribution in [2.45, 2.75) is 72.8 Å². The number of carbonyl (C=O) groups excluding carboxylic acids is 2. The van der Waals surface area contributed by atoms with Crippen molar-refractivity contribution in [3.8, 4) is 0 Å². The average Bonchev–Trinajstić information content (AvgIpc) is 3.28. The van der Waals surface area contributed by atoms with E-state index in [2.05, 4.69) is 22.5 Å². The van der Waals surface area contributed by atoms with E-state index in [1.54, 1.807) is 0 Å². The van der Waals surface area contributed by atoms with Crippen molar-refractivity contribution in [3.63, 3.8) is 0 Å². The zero-order valence-electron chi connectivity index (χ0n) is 19.7. The smallest absolute Gasteiger partial charge is 0.232 e. The maximum absolute atomic E-state index is 12.1. The fraction of sp³-hybridized carbons (Fsp3) is 0.520. The van der Waals surface area contributed by atoms with Crippen molar-refractivity contribution in [1.82, 2.24) is 19.4 Å². The summed E-state index contributed by atoms with van der Waals surface area (Å²) in [7, 11) is 0. The lowest BCUT2D eigenvalue weighted by Crippen LogP contribution is -2.31. The first-order chi connectivity index (χ1) is 15.5. The fourth-order valence-corrected chi connectivity index (χ4v) is 4.29. The van der Waals surface area contributed by atoms with Crippen LogP contribution in [-0.4, -0.2) is 37.8 Å². The largest absolute Gasteiger partial charge is 0.382 e. The number of nitrogens with zero attached hydrogens (tertiary/aromatic N) is 4. The van der Waals surface area contributed by atoms with Gasteiger partial charge < -0.3 is 10.3 Å². The molecule has 3 aromatic rings. The molecule has 32 heavy (non-hydrogen) atoms. The van der Waals surface area contributed by atoms with Crippen LogP contribution in [0.5, 0.6) is 0 Å². The number of nitrogen functional groups attached to an aromatic ring is 1.